The third kappa shape index (κ3) is 3.76. The lowest BCUT2D eigenvalue weighted by molar-refractivity contribution is 0.658. The van der Waals surface area contributed by atoms with Crippen molar-refractivity contribution in [2.24, 2.45) is 0 Å². The van der Waals surface area contributed by atoms with E-state index in [-0.39, 0.29) is 12.1 Å². The van der Waals surface area contributed by atoms with Crippen molar-refractivity contribution in [2.45, 2.75) is 45.1 Å². The van der Waals surface area contributed by atoms with Gasteiger partial charge in [0.25, 0.3) is 0 Å². The molecule has 21 heavy (non-hydrogen) atoms. The molecular formula is C17H21FN2S. The highest BCUT2D eigenvalue weighted by molar-refractivity contribution is 7.94. The van der Waals surface area contributed by atoms with E-state index in [1.54, 1.807) is 6.07 Å². The Balaban J connectivity index is 2.26. The molecule has 0 aliphatic carbocycles. The average Bonchev–Trinajstić information content (AvgIpc) is 2.83. The molecule has 1 aromatic heterocycles. The first-order valence-electron chi connectivity index (χ1n) is 7.16. The van der Waals surface area contributed by atoms with Crippen LogP contribution in [-0.4, -0.2) is 9.78 Å². The van der Waals surface area contributed by atoms with Crippen molar-refractivity contribution in [3.63, 3.8) is 0 Å². The largest absolute Gasteiger partial charge is 0.265 e. The molecule has 2 nitrogen and oxygen atoms in total. The van der Waals surface area contributed by atoms with Crippen LogP contribution in [-0.2, 0) is 6.54 Å². The number of hydrogen-bond donors (Lipinski definition) is 0. The van der Waals surface area contributed by atoms with Crippen LogP contribution in [0.15, 0.2) is 35.7 Å². The maximum Gasteiger partial charge on any atom is 0.0879 e. The number of rotatable bonds is 6. The Morgan fingerprint density at radius 3 is 2.76 bits per heavy atom. The zero-order valence-corrected chi connectivity index (χ0v) is 13.6. The Morgan fingerprint density at radius 1 is 1.33 bits per heavy atom. The van der Waals surface area contributed by atoms with Crippen molar-refractivity contribution >= 4 is 17.7 Å². The van der Waals surface area contributed by atoms with Gasteiger partial charge in [0.05, 0.1) is 24.4 Å². The first kappa shape index (κ1) is 15.8. The van der Waals surface area contributed by atoms with Gasteiger partial charge in [0.2, 0.25) is 0 Å². The Morgan fingerprint density at radius 2 is 2.10 bits per heavy atom. The Bertz CT molecular complexity index is 646. The van der Waals surface area contributed by atoms with Crippen LogP contribution < -0.4 is 0 Å². The number of benzene rings is 1. The van der Waals surface area contributed by atoms with E-state index in [1.807, 2.05) is 30.7 Å². The molecule has 0 atom stereocenters. The van der Waals surface area contributed by atoms with Crippen LogP contribution in [0, 0.1) is 13.8 Å². The SMILES string of the molecule is C=C(CCC)c1cc(C)n(Cc2cc(SF)ccc2C)n1. The van der Waals surface area contributed by atoms with Gasteiger partial charge in [0, 0.05) is 10.6 Å². The summed E-state index contributed by atoms with van der Waals surface area (Å²) in [7, 11) is 0. The minimum Gasteiger partial charge on any atom is -0.265 e. The molecule has 0 aliphatic rings. The smallest absolute Gasteiger partial charge is 0.0879 e. The number of aryl methyl sites for hydroxylation is 2. The topological polar surface area (TPSA) is 17.8 Å². The molecule has 0 unspecified atom stereocenters. The second kappa shape index (κ2) is 6.94. The van der Waals surface area contributed by atoms with Crippen molar-refractivity contribution < 1.29 is 3.89 Å². The summed E-state index contributed by atoms with van der Waals surface area (Å²) in [6.45, 7) is 11.0. The average molecular weight is 304 g/mol. The van der Waals surface area contributed by atoms with E-state index in [0.29, 0.717) is 11.4 Å². The monoisotopic (exact) mass is 304 g/mol. The summed E-state index contributed by atoms with van der Waals surface area (Å²) in [6.07, 6.45) is 2.03. The third-order valence-corrected chi connectivity index (χ3v) is 4.06. The van der Waals surface area contributed by atoms with Gasteiger partial charge >= 0.3 is 0 Å². The lowest BCUT2D eigenvalue weighted by atomic mass is 10.1. The minimum absolute atomic E-state index is 0.279. The first-order chi connectivity index (χ1) is 10.0. The van der Waals surface area contributed by atoms with Gasteiger partial charge in [0.1, 0.15) is 0 Å². The summed E-state index contributed by atoms with van der Waals surface area (Å²) >= 11 is 0.279. The summed E-state index contributed by atoms with van der Waals surface area (Å²) in [6, 6.07) is 7.71. The molecule has 0 aliphatic heterocycles. The number of hydrogen-bond acceptors (Lipinski definition) is 2. The summed E-state index contributed by atoms with van der Waals surface area (Å²) in [5.74, 6) is 0. The fourth-order valence-electron chi connectivity index (χ4n) is 2.30. The molecule has 0 saturated carbocycles. The van der Waals surface area contributed by atoms with Crippen LogP contribution in [0.3, 0.4) is 0 Å². The van der Waals surface area contributed by atoms with Gasteiger partial charge in [-0.1, -0.05) is 26.0 Å². The van der Waals surface area contributed by atoms with Crippen molar-refractivity contribution in [3.8, 4) is 0 Å². The minimum atomic E-state index is 0.279. The molecule has 4 heteroatoms. The van der Waals surface area contributed by atoms with Crippen molar-refractivity contribution in [3.05, 3.63) is 53.4 Å². The fraction of sp³-hybridized carbons (Fsp3) is 0.353. The molecule has 0 radical (unpaired) electrons. The lowest BCUT2D eigenvalue weighted by Crippen LogP contribution is -2.05. The molecule has 1 aromatic carbocycles. The van der Waals surface area contributed by atoms with Crippen LogP contribution in [0.2, 0.25) is 0 Å². The van der Waals surface area contributed by atoms with Gasteiger partial charge in [-0.05, 0) is 55.2 Å². The fourth-order valence-corrected chi connectivity index (χ4v) is 2.61. The summed E-state index contributed by atoms with van der Waals surface area (Å²) in [5.41, 5.74) is 5.38. The van der Waals surface area contributed by atoms with Crippen molar-refractivity contribution in [1.82, 2.24) is 9.78 Å². The van der Waals surface area contributed by atoms with E-state index < -0.39 is 0 Å². The zero-order chi connectivity index (χ0) is 15.4. The van der Waals surface area contributed by atoms with Crippen LogP contribution in [0.1, 0.15) is 42.3 Å². The molecule has 0 N–H and O–H groups in total. The number of aromatic nitrogens is 2. The Hall–Kier alpha value is -1.55. The number of halogens is 1. The number of nitrogens with zero attached hydrogens (tertiary/aromatic N) is 2. The van der Waals surface area contributed by atoms with Crippen LogP contribution in [0.25, 0.3) is 5.57 Å². The lowest BCUT2D eigenvalue weighted by Gasteiger charge is -2.09. The van der Waals surface area contributed by atoms with Gasteiger partial charge in [-0.3, -0.25) is 4.68 Å². The van der Waals surface area contributed by atoms with Crippen LogP contribution in [0.5, 0.6) is 0 Å². The van der Waals surface area contributed by atoms with Gasteiger partial charge in [-0.2, -0.15) is 8.98 Å². The van der Waals surface area contributed by atoms with Crippen LogP contribution in [0.4, 0.5) is 3.89 Å². The maximum absolute atomic E-state index is 12.7. The molecule has 0 fully saturated rings. The molecule has 2 rings (SSSR count). The van der Waals surface area contributed by atoms with E-state index in [9.17, 15) is 3.89 Å². The molecule has 0 amide bonds. The van der Waals surface area contributed by atoms with Crippen molar-refractivity contribution in [2.75, 3.05) is 0 Å². The summed E-state index contributed by atoms with van der Waals surface area (Å²) in [4.78, 5) is 0.635. The van der Waals surface area contributed by atoms with E-state index >= 15 is 0 Å². The molecule has 112 valence electrons. The highest BCUT2D eigenvalue weighted by atomic mass is 32.2. The Kier molecular flexibility index (Phi) is 5.23. The molecule has 1 heterocycles. The molecule has 0 bridgehead atoms. The zero-order valence-electron chi connectivity index (χ0n) is 12.8. The quantitative estimate of drug-likeness (QED) is 0.717. The summed E-state index contributed by atoms with van der Waals surface area (Å²) < 4.78 is 14.7. The van der Waals surface area contributed by atoms with Gasteiger partial charge < -0.3 is 0 Å². The third-order valence-electron chi connectivity index (χ3n) is 3.63. The van der Waals surface area contributed by atoms with E-state index in [0.717, 1.165) is 40.9 Å². The molecule has 0 spiro atoms. The first-order valence-corrected chi connectivity index (χ1v) is 7.87. The maximum atomic E-state index is 12.7. The van der Waals surface area contributed by atoms with Gasteiger partial charge in [-0.15, -0.1) is 0 Å². The number of allylic oxidation sites excluding steroid dienone is 1. The molecule has 2 aromatic rings. The van der Waals surface area contributed by atoms with E-state index in [2.05, 4.69) is 24.7 Å². The van der Waals surface area contributed by atoms with Crippen LogP contribution >= 0.6 is 12.1 Å². The molecule has 0 saturated heterocycles. The van der Waals surface area contributed by atoms with Gasteiger partial charge in [0.15, 0.2) is 0 Å². The van der Waals surface area contributed by atoms with E-state index in [4.69, 9.17) is 0 Å². The standard InChI is InChI=1S/C17H21FN2S/c1-5-6-13(3)17-9-14(4)20(19-17)11-15-10-16(21-18)8-7-12(15)2/h7-10H,3,5-6,11H2,1-2,4H3. The van der Waals surface area contributed by atoms with Crippen molar-refractivity contribution in [1.29, 1.82) is 0 Å². The van der Waals surface area contributed by atoms with Gasteiger partial charge in [-0.25, -0.2) is 0 Å². The molecular weight excluding hydrogens is 283 g/mol. The second-order valence-electron chi connectivity index (χ2n) is 5.35. The van der Waals surface area contributed by atoms with E-state index in [1.165, 1.54) is 0 Å². The highest BCUT2D eigenvalue weighted by Gasteiger charge is 2.09. The Labute approximate surface area is 130 Å². The predicted molar refractivity (Wildman–Crippen MR) is 88.2 cm³/mol. The highest BCUT2D eigenvalue weighted by Crippen LogP contribution is 2.23. The normalized spacial score (nSPS) is 10.9. The second-order valence-corrected chi connectivity index (χ2v) is 5.97. The summed E-state index contributed by atoms with van der Waals surface area (Å²) in [5, 5.41) is 4.64. The predicted octanol–water partition coefficient (Wildman–Crippen LogP) is 5.34.